The number of rotatable bonds is 3. The Bertz CT molecular complexity index is 553. The SMILES string of the molecule is S=P(Cl)(Cl)Oc1ccccc1-c1ccccc1. The predicted molar refractivity (Wildman–Crippen MR) is 78.5 cm³/mol. The second-order valence-corrected chi connectivity index (χ2v) is 10.5. The molecule has 2 aromatic carbocycles. The van der Waals surface area contributed by atoms with Crippen LogP contribution >= 0.6 is 27.5 Å². The van der Waals surface area contributed by atoms with E-state index in [2.05, 4.69) is 0 Å². The van der Waals surface area contributed by atoms with Crippen LogP contribution in [0.1, 0.15) is 0 Å². The minimum atomic E-state index is -2.76. The van der Waals surface area contributed by atoms with E-state index in [9.17, 15) is 0 Å². The molecule has 0 aliphatic carbocycles. The summed E-state index contributed by atoms with van der Waals surface area (Å²) in [5, 5.41) is 0. The summed E-state index contributed by atoms with van der Waals surface area (Å²) in [7, 11) is 0. The molecule has 0 bridgehead atoms. The molecule has 1 nitrogen and oxygen atoms in total. The van der Waals surface area contributed by atoms with Gasteiger partial charge in [-0.05, 0) is 45.9 Å². The average Bonchev–Trinajstić information content (AvgIpc) is 2.29. The Labute approximate surface area is 115 Å². The first-order valence-corrected chi connectivity index (χ1v) is 9.43. The van der Waals surface area contributed by atoms with Crippen molar-refractivity contribution < 1.29 is 4.52 Å². The highest BCUT2D eigenvalue weighted by molar-refractivity contribution is 8.36. The zero-order chi connectivity index (χ0) is 12.3. The van der Waals surface area contributed by atoms with Crippen LogP contribution in [-0.2, 0) is 11.8 Å². The lowest BCUT2D eigenvalue weighted by atomic mass is 10.1. The number of para-hydroxylation sites is 1. The summed E-state index contributed by atoms with van der Waals surface area (Å²) in [5.41, 5.74) is 1.98. The van der Waals surface area contributed by atoms with Crippen molar-refractivity contribution in [2.24, 2.45) is 0 Å². The topological polar surface area (TPSA) is 9.23 Å². The summed E-state index contributed by atoms with van der Waals surface area (Å²) in [6.45, 7) is 0. The zero-order valence-electron chi connectivity index (χ0n) is 8.72. The smallest absolute Gasteiger partial charge is 0.289 e. The van der Waals surface area contributed by atoms with E-state index in [1.165, 1.54) is 0 Å². The molecule has 5 heteroatoms. The van der Waals surface area contributed by atoms with E-state index in [4.69, 9.17) is 38.8 Å². The first-order valence-electron chi connectivity index (χ1n) is 4.90. The van der Waals surface area contributed by atoms with Gasteiger partial charge in [0.15, 0.2) is 0 Å². The highest BCUT2D eigenvalue weighted by Crippen LogP contribution is 2.58. The second kappa shape index (κ2) is 5.41. The molecule has 0 radical (unpaired) electrons. The first kappa shape index (κ1) is 12.9. The summed E-state index contributed by atoms with van der Waals surface area (Å²) in [5.74, 6) is 0.618. The summed E-state index contributed by atoms with van der Waals surface area (Å²) >= 11 is 16.5. The van der Waals surface area contributed by atoms with Crippen molar-refractivity contribution in [3.05, 3.63) is 54.6 Å². The standard InChI is InChI=1S/C12H9Cl2OPS/c13-16(14,17)15-12-9-5-4-8-11(12)10-6-2-1-3-7-10/h1-9H. The summed E-state index contributed by atoms with van der Waals surface area (Å²) in [6, 6.07) is 17.4. The van der Waals surface area contributed by atoms with Gasteiger partial charge in [0.2, 0.25) is 0 Å². The molecule has 0 amide bonds. The molecule has 0 aromatic heterocycles. The van der Waals surface area contributed by atoms with Gasteiger partial charge in [0, 0.05) is 5.56 Å². The van der Waals surface area contributed by atoms with Crippen LogP contribution in [-0.4, -0.2) is 0 Å². The Kier molecular flexibility index (Phi) is 4.11. The van der Waals surface area contributed by atoms with E-state index < -0.39 is 4.97 Å². The Morgan fingerprint density at radius 3 is 2.12 bits per heavy atom. The maximum Gasteiger partial charge on any atom is 0.289 e. The fourth-order valence-corrected chi connectivity index (χ4v) is 2.59. The number of hydrogen-bond acceptors (Lipinski definition) is 2. The van der Waals surface area contributed by atoms with Crippen molar-refractivity contribution in [3.63, 3.8) is 0 Å². The maximum atomic E-state index is 5.80. The van der Waals surface area contributed by atoms with Crippen LogP contribution in [0.25, 0.3) is 11.1 Å². The molecule has 0 saturated heterocycles. The lowest BCUT2D eigenvalue weighted by Gasteiger charge is -2.13. The second-order valence-electron chi connectivity index (χ2n) is 3.37. The maximum absolute atomic E-state index is 5.80. The normalized spacial score (nSPS) is 11.2. The zero-order valence-corrected chi connectivity index (χ0v) is 11.9. The molecule has 0 aliphatic rings. The monoisotopic (exact) mass is 302 g/mol. The van der Waals surface area contributed by atoms with Gasteiger partial charge in [0.05, 0.1) is 0 Å². The Hall–Kier alpha value is -0.530. The van der Waals surface area contributed by atoms with Crippen LogP contribution in [0.2, 0.25) is 0 Å². The molecule has 0 unspecified atom stereocenters. The molecule has 0 saturated carbocycles. The average molecular weight is 303 g/mol. The summed E-state index contributed by atoms with van der Waals surface area (Å²) in [6.07, 6.45) is 0. The van der Waals surface area contributed by atoms with Gasteiger partial charge in [-0.3, -0.25) is 0 Å². The van der Waals surface area contributed by atoms with E-state index in [-0.39, 0.29) is 0 Å². The number of halogens is 2. The molecular formula is C12H9Cl2OPS. The van der Waals surface area contributed by atoms with E-state index in [0.29, 0.717) is 5.75 Å². The number of benzene rings is 2. The van der Waals surface area contributed by atoms with Gasteiger partial charge in [-0.1, -0.05) is 48.5 Å². The van der Waals surface area contributed by atoms with Crippen molar-refractivity contribution >= 4 is 39.3 Å². The number of hydrogen-bond donors (Lipinski definition) is 0. The van der Waals surface area contributed by atoms with Crippen molar-refractivity contribution in [1.29, 1.82) is 0 Å². The third-order valence-electron chi connectivity index (χ3n) is 2.18. The van der Waals surface area contributed by atoms with Gasteiger partial charge in [0.1, 0.15) is 5.75 Å². The van der Waals surface area contributed by atoms with Gasteiger partial charge >= 0.3 is 0 Å². The Morgan fingerprint density at radius 2 is 1.47 bits per heavy atom. The largest absolute Gasteiger partial charge is 0.440 e. The van der Waals surface area contributed by atoms with Gasteiger partial charge in [-0.25, -0.2) is 0 Å². The molecule has 2 aromatic rings. The van der Waals surface area contributed by atoms with Crippen molar-refractivity contribution in [2.45, 2.75) is 0 Å². The van der Waals surface area contributed by atoms with Crippen LogP contribution in [0.15, 0.2) is 54.6 Å². The van der Waals surface area contributed by atoms with Gasteiger partial charge in [0.25, 0.3) is 4.97 Å². The lowest BCUT2D eigenvalue weighted by Crippen LogP contribution is -1.86. The fraction of sp³-hybridized carbons (Fsp3) is 0. The molecule has 0 spiro atoms. The van der Waals surface area contributed by atoms with E-state index >= 15 is 0 Å². The van der Waals surface area contributed by atoms with Gasteiger partial charge in [-0.2, -0.15) is 0 Å². The molecule has 2 rings (SSSR count). The third-order valence-corrected chi connectivity index (χ3v) is 3.22. The summed E-state index contributed by atoms with van der Waals surface area (Å²) in [4.78, 5) is -2.76. The van der Waals surface area contributed by atoms with Gasteiger partial charge < -0.3 is 4.52 Å². The molecule has 0 atom stereocenters. The van der Waals surface area contributed by atoms with E-state index in [0.717, 1.165) is 11.1 Å². The lowest BCUT2D eigenvalue weighted by molar-refractivity contribution is 0.638. The van der Waals surface area contributed by atoms with Crippen LogP contribution in [0.4, 0.5) is 0 Å². The first-order chi connectivity index (χ1) is 8.06. The van der Waals surface area contributed by atoms with Crippen molar-refractivity contribution in [3.8, 4) is 16.9 Å². The van der Waals surface area contributed by atoms with Crippen molar-refractivity contribution in [1.82, 2.24) is 0 Å². The Balaban J connectivity index is 2.45. The molecule has 88 valence electrons. The highest BCUT2D eigenvalue weighted by atomic mass is 35.9. The van der Waals surface area contributed by atoms with Crippen LogP contribution in [0.3, 0.4) is 0 Å². The van der Waals surface area contributed by atoms with E-state index in [1.807, 2.05) is 54.6 Å². The third kappa shape index (κ3) is 3.72. The molecule has 0 heterocycles. The highest BCUT2D eigenvalue weighted by Gasteiger charge is 2.14. The molecule has 17 heavy (non-hydrogen) atoms. The molecular weight excluding hydrogens is 294 g/mol. The predicted octanol–water partition coefficient (Wildman–Crippen LogP) is 5.43. The minimum absolute atomic E-state index is 0.618. The van der Waals surface area contributed by atoms with Crippen molar-refractivity contribution in [2.75, 3.05) is 0 Å². The van der Waals surface area contributed by atoms with Crippen LogP contribution < -0.4 is 4.52 Å². The van der Waals surface area contributed by atoms with Crippen LogP contribution in [0.5, 0.6) is 5.75 Å². The minimum Gasteiger partial charge on any atom is -0.440 e. The van der Waals surface area contributed by atoms with Crippen LogP contribution in [0, 0.1) is 0 Å². The summed E-state index contributed by atoms with van der Waals surface area (Å²) < 4.78 is 5.44. The fourth-order valence-electron chi connectivity index (χ4n) is 1.52. The Morgan fingerprint density at radius 1 is 0.882 bits per heavy atom. The quantitative estimate of drug-likeness (QED) is 0.699. The van der Waals surface area contributed by atoms with Gasteiger partial charge in [-0.15, -0.1) is 0 Å². The van der Waals surface area contributed by atoms with E-state index in [1.54, 1.807) is 0 Å². The molecule has 0 N–H and O–H groups in total. The molecule has 0 aliphatic heterocycles. The molecule has 0 fully saturated rings.